The van der Waals surface area contributed by atoms with Crippen molar-refractivity contribution in [3.63, 3.8) is 0 Å². The third-order valence-electron chi connectivity index (χ3n) is 5.61. The highest BCUT2D eigenvalue weighted by Crippen LogP contribution is 2.39. The van der Waals surface area contributed by atoms with E-state index in [9.17, 15) is 14.4 Å². The van der Waals surface area contributed by atoms with Gasteiger partial charge in [0.2, 0.25) is 0 Å². The fraction of sp³-hybridized carbons (Fsp3) is 0.500. The molecular weight excluding hydrogens is 374 g/mol. The molecule has 2 atom stereocenters. The largest absolute Gasteiger partial charge is 0.478 e. The van der Waals surface area contributed by atoms with Crippen LogP contribution >= 0.6 is 0 Å². The number of hydrogen-bond acceptors (Lipinski definition) is 5. The zero-order valence-electron chi connectivity index (χ0n) is 16.7. The van der Waals surface area contributed by atoms with Crippen LogP contribution in [0.15, 0.2) is 36.4 Å². The smallest absolute Gasteiger partial charge is 0.337 e. The van der Waals surface area contributed by atoms with E-state index in [4.69, 9.17) is 14.9 Å². The average Bonchev–Trinajstić information content (AvgIpc) is 3.27. The Kier molecular flexibility index (Phi) is 8.86. The third kappa shape index (κ3) is 7.34. The summed E-state index contributed by atoms with van der Waals surface area (Å²) < 4.78 is 4.75. The van der Waals surface area contributed by atoms with E-state index in [1.165, 1.54) is 51.2 Å². The summed E-state index contributed by atoms with van der Waals surface area (Å²) in [5.74, 6) is -0.954. The molecule has 3 N–H and O–H groups in total. The number of piperidine rings is 1. The zero-order valence-corrected chi connectivity index (χ0v) is 16.7. The minimum absolute atomic E-state index is 0.262. The summed E-state index contributed by atoms with van der Waals surface area (Å²) >= 11 is 0. The van der Waals surface area contributed by atoms with Crippen molar-refractivity contribution in [1.82, 2.24) is 5.32 Å². The first-order valence-electron chi connectivity index (χ1n) is 9.96. The first kappa shape index (κ1) is 22.6. The monoisotopic (exact) mass is 403 g/mol. The number of esters is 1. The highest BCUT2D eigenvalue weighted by Gasteiger charge is 2.30. The Morgan fingerprint density at radius 1 is 0.966 bits per heavy atom. The Morgan fingerprint density at radius 2 is 1.55 bits per heavy atom. The quantitative estimate of drug-likeness (QED) is 0.510. The topological polar surface area (TPSA) is 113 Å². The second kappa shape index (κ2) is 11.4. The van der Waals surface area contributed by atoms with E-state index < -0.39 is 11.9 Å². The maximum atomic E-state index is 11.5. The Hall–Kier alpha value is -2.67. The molecule has 1 aliphatic carbocycles. The fourth-order valence-corrected chi connectivity index (χ4v) is 4.17. The predicted molar refractivity (Wildman–Crippen MR) is 108 cm³/mol. The van der Waals surface area contributed by atoms with Crippen molar-refractivity contribution in [2.45, 2.75) is 44.6 Å². The number of methoxy groups -OCH3 is 1. The van der Waals surface area contributed by atoms with Gasteiger partial charge in [-0.3, -0.25) is 0 Å². The number of aliphatic carboxylic acids is 2. The third-order valence-corrected chi connectivity index (χ3v) is 5.61. The number of carboxylic acid groups (broad SMARTS) is 2. The highest BCUT2D eigenvalue weighted by atomic mass is 16.5. The van der Waals surface area contributed by atoms with Crippen LogP contribution in [0.3, 0.4) is 0 Å². The van der Waals surface area contributed by atoms with Crippen molar-refractivity contribution >= 4 is 17.9 Å². The molecule has 0 amide bonds. The summed E-state index contributed by atoms with van der Waals surface area (Å²) in [4.78, 5) is 30.6. The number of rotatable bonds is 5. The van der Waals surface area contributed by atoms with Crippen molar-refractivity contribution in [3.05, 3.63) is 47.5 Å². The molecule has 0 bridgehead atoms. The van der Waals surface area contributed by atoms with Gasteiger partial charge in [0.25, 0.3) is 0 Å². The summed E-state index contributed by atoms with van der Waals surface area (Å²) in [7, 11) is 1.42. The first-order chi connectivity index (χ1) is 13.9. The Morgan fingerprint density at radius 3 is 2.07 bits per heavy atom. The molecule has 2 aliphatic rings. The molecule has 7 nitrogen and oxygen atoms in total. The van der Waals surface area contributed by atoms with Crippen LogP contribution in [-0.4, -0.2) is 41.8 Å². The lowest BCUT2D eigenvalue weighted by Crippen LogP contribution is -2.34. The molecule has 0 spiro atoms. The molecule has 1 aromatic carbocycles. The van der Waals surface area contributed by atoms with Gasteiger partial charge in [-0.2, -0.15) is 0 Å². The van der Waals surface area contributed by atoms with Crippen LogP contribution in [0.25, 0.3) is 0 Å². The van der Waals surface area contributed by atoms with Crippen LogP contribution in [0.5, 0.6) is 0 Å². The molecule has 0 aromatic heterocycles. The molecule has 1 aliphatic heterocycles. The lowest BCUT2D eigenvalue weighted by molar-refractivity contribution is -0.134. The molecule has 1 saturated heterocycles. The molecule has 2 fully saturated rings. The lowest BCUT2D eigenvalue weighted by Gasteiger charge is -2.34. The molecule has 1 unspecified atom stereocenters. The second-order valence-electron chi connectivity index (χ2n) is 7.46. The fourth-order valence-electron chi connectivity index (χ4n) is 4.17. The Bertz CT molecular complexity index is 705. The van der Waals surface area contributed by atoms with Gasteiger partial charge in [-0.25, -0.2) is 14.4 Å². The predicted octanol–water partition coefficient (Wildman–Crippen LogP) is 3.42. The highest BCUT2D eigenvalue weighted by molar-refractivity contribution is 5.90. The molecule has 3 rings (SSSR count). The zero-order chi connectivity index (χ0) is 21.2. The summed E-state index contributed by atoms with van der Waals surface area (Å²) in [5, 5.41) is 19.3. The van der Waals surface area contributed by atoms with Gasteiger partial charge in [0.15, 0.2) is 0 Å². The maximum Gasteiger partial charge on any atom is 0.337 e. The SMILES string of the molecule is COC(=O)c1ccc([C@@H]2CC(C3CCCC3)CCN2)cc1.O=C(O)/C=C\C(=O)O. The summed E-state index contributed by atoms with van der Waals surface area (Å²) in [5.41, 5.74) is 1.93. The number of nitrogens with one attached hydrogen (secondary N) is 1. The molecule has 29 heavy (non-hydrogen) atoms. The van der Waals surface area contributed by atoms with Crippen LogP contribution in [0.4, 0.5) is 0 Å². The number of ether oxygens (including phenoxy) is 1. The van der Waals surface area contributed by atoms with Crippen molar-refractivity contribution in [1.29, 1.82) is 0 Å². The van der Waals surface area contributed by atoms with Gasteiger partial charge in [0, 0.05) is 18.2 Å². The molecule has 1 aromatic rings. The van der Waals surface area contributed by atoms with Gasteiger partial charge in [-0.1, -0.05) is 37.8 Å². The Labute approximate surface area is 170 Å². The van der Waals surface area contributed by atoms with E-state index in [1.807, 2.05) is 12.1 Å². The van der Waals surface area contributed by atoms with E-state index in [-0.39, 0.29) is 5.97 Å². The molecule has 158 valence electrons. The number of carboxylic acids is 2. The van der Waals surface area contributed by atoms with E-state index in [1.54, 1.807) is 0 Å². The first-order valence-corrected chi connectivity index (χ1v) is 9.96. The molecular formula is C22H29NO6. The lowest BCUT2D eigenvalue weighted by atomic mass is 9.79. The van der Waals surface area contributed by atoms with Crippen molar-refractivity contribution in [3.8, 4) is 0 Å². The molecule has 7 heteroatoms. The van der Waals surface area contributed by atoms with Gasteiger partial charge in [0.05, 0.1) is 12.7 Å². The van der Waals surface area contributed by atoms with Crippen molar-refractivity contribution < 1.29 is 29.3 Å². The normalized spacial score (nSPS) is 22.0. The van der Waals surface area contributed by atoms with Gasteiger partial charge < -0.3 is 20.3 Å². The summed E-state index contributed by atoms with van der Waals surface area (Å²) in [6, 6.07) is 8.34. The van der Waals surface area contributed by atoms with Crippen LogP contribution < -0.4 is 5.32 Å². The molecule has 1 saturated carbocycles. The van der Waals surface area contributed by atoms with Gasteiger partial charge in [0.1, 0.15) is 0 Å². The van der Waals surface area contributed by atoms with Crippen LogP contribution in [0, 0.1) is 11.8 Å². The molecule has 1 heterocycles. The van der Waals surface area contributed by atoms with Gasteiger partial charge >= 0.3 is 17.9 Å². The summed E-state index contributed by atoms with van der Waals surface area (Å²) in [6.45, 7) is 1.12. The summed E-state index contributed by atoms with van der Waals surface area (Å²) in [6.07, 6.45) is 9.38. The van der Waals surface area contributed by atoms with Crippen molar-refractivity contribution in [2.75, 3.05) is 13.7 Å². The van der Waals surface area contributed by atoms with E-state index in [2.05, 4.69) is 17.4 Å². The number of carbonyl (C=O) groups excluding carboxylic acids is 1. The molecule has 0 radical (unpaired) electrons. The number of carbonyl (C=O) groups is 3. The van der Waals surface area contributed by atoms with E-state index in [0.29, 0.717) is 23.8 Å². The van der Waals surface area contributed by atoms with E-state index in [0.717, 1.165) is 18.4 Å². The minimum Gasteiger partial charge on any atom is -0.478 e. The van der Waals surface area contributed by atoms with Crippen LogP contribution in [0.1, 0.15) is 60.5 Å². The minimum atomic E-state index is -1.26. The second-order valence-corrected chi connectivity index (χ2v) is 7.46. The van der Waals surface area contributed by atoms with E-state index >= 15 is 0 Å². The average molecular weight is 403 g/mol. The van der Waals surface area contributed by atoms with Gasteiger partial charge in [-0.15, -0.1) is 0 Å². The van der Waals surface area contributed by atoms with Crippen LogP contribution in [0.2, 0.25) is 0 Å². The maximum absolute atomic E-state index is 11.5. The van der Waals surface area contributed by atoms with Crippen molar-refractivity contribution in [2.24, 2.45) is 11.8 Å². The Balaban J connectivity index is 0.000000321. The van der Waals surface area contributed by atoms with Crippen LogP contribution in [-0.2, 0) is 14.3 Å². The number of benzene rings is 1. The number of hydrogen-bond donors (Lipinski definition) is 3. The van der Waals surface area contributed by atoms with Gasteiger partial charge in [-0.05, 0) is 48.9 Å². The standard InChI is InChI=1S/C18H25NO2.C4H4O4/c1-21-18(20)15-8-6-14(7-9-15)17-12-16(10-11-19-17)13-4-2-3-5-13;5-3(6)1-2-4(7)8/h6-9,13,16-17,19H,2-5,10-12H2,1H3;1-2H,(H,5,6)(H,7,8)/b;2-1-/t16?,17-;/m0./s1.